The molecule has 6 nitrogen and oxygen atoms in total. The molecule has 0 bridgehead atoms. The van der Waals surface area contributed by atoms with Crippen LogP contribution in [0.1, 0.15) is 58.8 Å². The van der Waals surface area contributed by atoms with Crippen LogP contribution in [-0.4, -0.2) is 37.7 Å². The number of carbonyl (C=O) groups excluding carboxylic acids is 3. The van der Waals surface area contributed by atoms with Crippen LogP contribution in [0.25, 0.3) is 0 Å². The third kappa shape index (κ3) is 3.26. The Morgan fingerprint density at radius 1 is 1.31 bits per heavy atom. The van der Waals surface area contributed by atoms with E-state index in [-0.39, 0.29) is 35.3 Å². The van der Waals surface area contributed by atoms with Gasteiger partial charge in [0.1, 0.15) is 12.7 Å². The minimum Gasteiger partial charge on any atom is -0.469 e. The fourth-order valence-electron chi connectivity index (χ4n) is 5.30. The topological polar surface area (TPSA) is 78.9 Å². The van der Waals surface area contributed by atoms with Crippen molar-refractivity contribution in [2.45, 2.75) is 64.9 Å². The second kappa shape index (κ2) is 7.05. The van der Waals surface area contributed by atoms with Crippen LogP contribution in [0, 0.1) is 16.7 Å². The van der Waals surface area contributed by atoms with Gasteiger partial charge < -0.3 is 14.2 Å². The lowest BCUT2D eigenvalue weighted by Crippen LogP contribution is -2.52. The molecule has 0 aromatic rings. The molecule has 1 unspecified atom stereocenters. The van der Waals surface area contributed by atoms with E-state index in [0.717, 1.165) is 24.8 Å². The fourth-order valence-corrected chi connectivity index (χ4v) is 5.30. The number of carbonyl (C=O) groups is 3. The SMILES string of the molecule is COC(=O)[C@@]1(C)CCC[C@@]2(C)C1CCC(=O)O[C@@H]2CCC1=CC(=O)OC1. The number of ether oxygens (including phenoxy) is 3. The summed E-state index contributed by atoms with van der Waals surface area (Å²) in [4.78, 5) is 36.1. The van der Waals surface area contributed by atoms with E-state index < -0.39 is 5.41 Å². The van der Waals surface area contributed by atoms with Crippen molar-refractivity contribution in [1.82, 2.24) is 0 Å². The van der Waals surface area contributed by atoms with Crippen LogP contribution < -0.4 is 0 Å². The molecule has 0 N–H and O–H groups in total. The summed E-state index contributed by atoms with van der Waals surface area (Å²) >= 11 is 0. The lowest BCUT2D eigenvalue weighted by Gasteiger charge is -2.52. The Bertz CT molecular complexity index is 638. The van der Waals surface area contributed by atoms with E-state index in [0.29, 0.717) is 32.3 Å². The van der Waals surface area contributed by atoms with Crippen LogP contribution in [0.5, 0.6) is 0 Å². The largest absolute Gasteiger partial charge is 0.469 e. The number of esters is 3. The van der Waals surface area contributed by atoms with Crippen LogP contribution in [0.15, 0.2) is 11.6 Å². The number of fused-ring (bicyclic) bond motifs is 1. The van der Waals surface area contributed by atoms with Gasteiger partial charge in [0, 0.05) is 17.9 Å². The molecule has 2 fully saturated rings. The first-order chi connectivity index (χ1) is 12.3. The van der Waals surface area contributed by atoms with Crippen molar-refractivity contribution in [2.75, 3.05) is 13.7 Å². The Kier molecular flexibility index (Phi) is 5.13. The first-order valence-corrected chi connectivity index (χ1v) is 9.44. The van der Waals surface area contributed by atoms with Gasteiger partial charge in [-0.1, -0.05) is 13.3 Å². The van der Waals surface area contributed by atoms with E-state index in [1.54, 1.807) is 0 Å². The maximum atomic E-state index is 12.6. The van der Waals surface area contributed by atoms with Gasteiger partial charge in [-0.05, 0) is 50.5 Å². The first-order valence-electron chi connectivity index (χ1n) is 9.44. The van der Waals surface area contributed by atoms with E-state index in [2.05, 4.69) is 6.92 Å². The summed E-state index contributed by atoms with van der Waals surface area (Å²) in [7, 11) is 1.43. The van der Waals surface area contributed by atoms with Crippen LogP contribution in [0.3, 0.4) is 0 Å². The molecule has 1 saturated heterocycles. The van der Waals surface area contributed by atoms with Gasteiger partial charge in [0.25, 0.3) is 0 Å². The zero-order valence-electron chi connectivity index (χ0n) is 15.8. The van der Waals surface area contributed by atoms with Crippen molar-refractivity contribution in [3.05, 3.63) is 11.6 Å². The second-order valence-corrected chi connectivity index (χ2v) is 8.29. The van der Waals surface area contributed by atoms with Crippen molar-refractivity contribution < 1.29 is 28.6 Å². The molecule has 1 saturated carbocycles. The van der Waals surface area contributed by atoms with Crippen molar-refractivity contribution >= 4 is 17.9 Å². The highest BCUT2D eigenvalue weighted by atomic mass is 16.5. The standard InChI is InChI=1S/C20H28O6/c1-19-9-4-10-20(2,18(23)24-3)14(19)6-8-16(21)26-15(19)7-5-13-11-17(22)25-12-13/h11,14-15H,4-10,12H2,1-3H3/t14?,15-,19+,20+/m1/s1. The highest BCUT2D eigenvalue weighted by molar-refractivity contribution is 5.85. The Labute approximate surface area is 154 Å². The van der Waals surface area contributed by atoms with Gasteiger partial charge in [-0.3, -0.25) is 9.59 Å². The number of rotatable bonds is 4. The number of cyclic esters (lactones) is 2. The summed E-state index contributed by atoms with van der Waals surface area (Å²) in [5.41, 5.74) is 0.0545. The summed E-state index contributed by atoms with van der Waals surface area (Å²) < 4.78 is 15.9. The van der Waals surface area contributed by atoms with Gasteiger partial charge in [-0.15, -0.1) is 0 Å². The van der Waals surface area contributed by atoms with E-state index in [4.69, 9.17) is 14.2 Å². The molecule has 0 aromatic carbocycles. The summed E-state index contributed by atoms with van der Waals surface area (Å²) in [5, 5.41) is 0. The molecular formula is C20H28O6. The number of hydrogen-bond acceptors (Lipinski definition) is 6. The molecule has 26 heavy (non-hydrogen) atoms. The van der Waals surface area contributed by atoms with Gasteiger partial charge in [0.15, 0.2) is 0 Å². The molecule has 0 spiro atoms. The van der Waals surface area contributed by atoms with Crippen LogP contribution in [0.2, 0.25) is 0 Å². The molecule has 144 valence electrons. The molecule has 0 radical (unpaired) electrons. The summed E-state index contributed by atoms with van der Waals surface area (Å²) in [6.07, 6.45) is 6.09. The molecule has 3 aliphatic rings. The van der Waals surface area contributed by atoms with Gasteiger partial charge in [-0.2, -0.15) is 0 Å². The second-order valence-electron chi connectivity index (χ2n) is 8.29. The molecule has 3 rings (SSSR count). The lowest BCUT2D eigenvalue weighted by atomic mass is 9.52. The Balaban J connectivity index is 1.86. The molecule has 2 heterocycles. The summed E-state index contributed by atoms with van der Waals surface area (Å²) in [6.45, 7) is 4.44. The summed E-state index contributed by atoms with van der Waals surface area (Å²) in [5.74, 6) is -0.675. The Morgan fingerprint density at radius 2 is 2.08 bits per heavy atom. The average Bonchev–Trinajstić information content (AvgIpc) is 2.96. The molecule has 0 amide bonds. The van der Waals surface area contributed by atoms with Gasteiger partial charge in [0.05, 0.1) is 12.5 Å². The van der Waals surface area contributed by atoms with Crippen molar-refractivity contribution in [3.8, 4) is 0 Å². The van der Waals surface area contributed by atoms with Crippen LogP contribution in [-0.2, 0) is 28.6 Å². The van der Waals surface area contributed by atoms with E-state index in [1.165, 1.54) is 13.2 Å². The Hall–Kier alpha value is -1.85. The van der Waals surface area contributed by atoms with Gasteiger partial charge >= 0.3 is 17.9 Å². The normalized spacial score (nSPS) is 37.1. The van der Waals surface area contributed by atoms with Gasteiger partial charge in [-0.25, -0.2) is 4.79 Å². The predicted molar refractivity (Wildman–Crippen MR) is 93.0 cm³/mol. The van der Waals surface area contributed by atoms with Crippen LogP contribution >= 0.6 is 0 Å². The van der Waals surface area contributed by atoms with E-state index in [1.807, 2.05) is 6.92 Å². The van der Waals surface area contributed by atoms with Gasteiger partial charge in [0.2, 0.25) is 0 Å². The number of hydrogen-bond donors (Lipinski definition) is 0. The maximum Gasteiger partial charge on any atom is 0.331 e. The first kappa shape index (κ1) is 18.9. The zero-order chi connectivity index (χ0) is 18.9. The van der Waals surface area contributed by atoms with Crippen molar-refractivity contribution in [2.24, 2.45) is 16.7 Å². The fraction of sp³-hybridized carbons (Fsp3) is 0.750. The Morgan fingerprint density at radius 3 is 2.73 bits per heavy atom. The highest BCUT2D eigenvalue weighted by Gasteiger charge is 2.57. The molecular weight excluding hydrogens is 336 g/mol. The predicted octanol–water partition coefficient (Wildman–Crippen LogP) is 2.94. The minimum absolute atomic E-state index is 0.0306. The lowest BCUT2D eigenvalue weighted by molar-refractivity contribution is -0.172. The molecule has 2 aliphatic heterocycles. The van der Waals surface area contributed by atoms with E-state index in [9.17, 15) is 14.4 Å². The van der Waals surface area contributed by atoms with Crippen LogP contribution in [0.4, 0.5) is 0 Å². The zero-order valence-corrected chi connectivity index (χ0v) is 15.8. The summed E-state index contributed by atoms with van der Waals surface area (Å²) in [6, 6.07) is 0. The third-order valence-corrected chi connectivity index (χ3v) is 6.72. The highest BCUT2D eigenvalue weighted by Crippen LogP contribution is 2.57. The smallest absolute Gasteiger partial charge is 0.331 e. The third-order valence-electron chi connectivity index (χ3n) is 6.72. The quantitative estimate of drug-likeness (QED) is 0.564. The van der Waals surface area contributed by atoms with Crippen molar-refractivity contribution in [1.29, 1.82) is 0 Å². The average molecular weight is 364 g/mol. The molecule has 6 heteroatoms. The monoisotopic (exact) mass is 364 g/mol. The maximum absolute atomic E-state index is 12.6. The minimum atomic E-state index is -0.598. The molecule has 0 aromatic heterocycles. The van der Waals surface area contributed by atoms with Crippen molar-refractivity contribution in [3.63, 3.8) is 0 Å². The molecule has 1 aliphatic carbocycles. The molecule has 4 atom stereocenters. The number of methoxy groups -OCH3 is 1. The van der Waals surface area contributed by atoms with E-state index >= 15 is 0 Å².